The number of hydrogen-bond donors (Lipinski definition) is 2. The number of benzene rings is 2. The average molecular weight is 480 g/mol. The predicted octanol–water partition coefficient (Wildman–Crippen LogP) is 6.44. The van der Waals surface area contributed by atoms with E-state index in [2.05, 4.69) is 51.6 Å². The quantitative estimate of drug-likeness (QED) is 0.451. The van der Waals surface area contributed by atoms with Crippen molar-refractivity contribution in [2.45, 2.75) is 55.9 Å². The van der Waals surface area contributed by atoms with Crippen molar-refractivity contribution in [2.24, 2.45) is 0 Å². The molecule has 2 N–H and O–H groups in total. The van der Waals surface area contributed by atoms with E-state index in [1.54, 1.807) is 0 Å². The lowest BCUT2D eigenvalue weighted by Gasteiger charge is -2.46. The highest BCUT2D eigenvalue weighted by Crippen LogP contribution is 2.58. The molecule has 3 aromatic rings. The largest absolute Gasteiger partial charge is 0.480 e. The molecule has 1 aromatic heterocycles. The number of carboxylic acids is 1. The number of halogens is 1. The SMILES string of the molecule is Cc1ccc(C2Cc3ccccc3C23CCC(Nc2cccc(Br)c2)(C(=O)O)CC3)o1. The summed E-state index contributed by atoms with van der Waals surface area (Å²) in [6, 6.07) is 20.5. The van der Waals surface area contributed by atoms with Crippen LogP contribution in [0.25, 0.3) is 0 Å². The molecule has 0 amide bonds. The topological polar surface area (TPSA) is 62.5 Å². The van der Waals surface area contributed by atoms with E-state index in [4.69, 9.17) is 4.42 Å². The molecule has 5 heteroatoms. The number of fused-ring (bicyclic) bond motifs is 2. The Bertz CT molecular complexity index is 1130. The molecule has 5 rings (SSSR count). The van der Waals surface area contributed by atoms with Crippen molar-refractivity contribution in [3.8, 4) is 0 Å². The molecule has 1 atom stereocenters. The van der Waals surface area contributed by atoms with Gasteiger partial charge >= 0.3 is 5.97 Å². The van der Waals surface area contributed by atoms with Crippen molar-refractivity contribution in [1.82, 2.24) is 0 Å². The Kier molecular flexibility index (Phi) is 4.97. The maximum atomic E-state index is 12.5. The van der Waals surface area contributed by atoms with Gasteiger partial charge in [-0.1, -0.05) is 46.3 Å². The molecule has 0 radical (unpaired) electrons. The van der Waals surface area contributed by atoms with E-state index in [1.165, 1.54) is 11.1 Å². The van der Waals surface area contributed by atoms with Crippen LogP contribution in [-0.2, 0) is 16.6 Å². The fourth-order valence-corrected chi connectivity index (χ4v) is 6.18. The van der Waals surface area contributed by atoms with Gasteiger partial charge in [-0.25, -0.2) is 4.79 Å². The second-order valence-corrected chi connectivity index (χ2v) is 9.96. The van der Waals surface area contributed by atoms with E-state index >= 15 is 0 Å². The molecule has 2 aliphatic rings. The van der Waals surface area contributed by atoms with Crippen LogP contribution in [-0.4, -0.2) is 16.6 Å². The number of rotatable bonds is 4. The van der Waals surface area contributed by atoms with Crippen LogP contribution in [0.15, 0.2) is 69.6 Å². The molecule has 4 nitrogen and oxygen atoms in total. The summed E-state index contributed by atoms with van der Waals surface area (Å²) in [5.41, 5.74) is 2.52. The van der Waals surface area contributed by atoms with Crippen LogP contribution in [0, 0.1) is 6.92 Å². The first-order chi connectivity index (χ1) is 14.9. The van der Waals surface area contributed by atoms with Gasteiger partial charge in [0.15, 0.2) is 0 Å². The van der Waals surface area contributed by atoms with Crippen LogP contribution in [0.4, 0.5) is 5.69 Å². The zero-order chi connectivity index (χ0) is 21.6. The minimum Gasteiger partial charge on any atom is -0.480 e. The number of furan rings is 1. The molecule has 0 bridgehead atoms. The van der Waals surface area contributed by atoms with E-state index < -0.39 is 11.5 Å². The molecule has 0 saturated heterocycles. The molecule has 2 aromatic carbocycles. The van der Waals surface area contributed by atoms with E-state index in [0.29, 0.717) is 12.8 Å². The molecule has 1 heterocycles. The predicted molar refractivity (Wildman–Crippen MR) is 125 cm³/mol. The van der Waals surface area contributed by atoms with Gasteiger partial charge in [0.05, 0.1) is 0 Å². The van der Waals surface area contributed by atoms with Crippen LogP contribution in [0.1, 0.15) is 54.2 Å². The number of carbonyl (C=O) groups is 1. The van der Waals surface area contributed by atoms with Crippen molar-refractivity contribution >= 4 is 27.6 Å². The van der Waals surface area contributed by atoms with E-state index in [1.807, 2.05) is 37.3 Å². The van der Waals surface area contributed by atoms with E-state index in [-0.39, 0.29) is 11.3 Å². The van der Waals surface area contributed by atoms with Crippen molar-refractivity contribution in [3.05, 3.63) is 87.8 Å². The molecular weight excluding hydrogens is 454 g/mol. The molecular formula is C26H26BrNO3. The Balaban J connectivity index is 1.50. The summed E-state index contributed by atoms with van der Waals surface area (Å²) in [4.78, 5) is 12.5. The number of aliphatic carboxylic acids is 1. The van der Waals surface area contributed by atoms with Crippen LogP contribution in [0.2, 0.25) is 0 Å². The van der Waals surface area contributed by atoms with Crippen LogP contribution < -0.4 is 5.32 Å². The molecule has 2 aliphatic carbocycles. The third-order valence-corrected chi connectivity index (χ3v) is 7.86. The summed E-state index contributed by atoms with van der Waals surface area (Å²) in [5.74, 6) is 1.42. The lowest BCUT2D eigenvalue weighted by molar-refractivity contribution is -0.144. The van der Waals surface area contributed by atoms with E-state index in [9.17, 15) is 9.90 Å². The Hall–Kier alpha value is -2.53. The van der Waals surface area contributed by atoms with Crippen LogP contribution >= 0.6 is 15.9 Å². The first kappa shape index (κ1) is 20.4. The fourth-order valence-electron chi connectivity index (χ4n) is 5.78. The smallest absolute Gasteiger partial charge is 0.329 e. The maximum Gasteiger partial charge on any atom is 0.329 e. The van der Waals surface area contributed by atoms with Gasteiger partial charge in [0.25, 0.3) is 0 Å². The van der Waals surface area contributed by atoms with Gasteiger partial charge < -0.3 is 14.8 Å². The summed E-state index contributed by atoms with van der Waals surface area (Å²) >= 11 is 3.49. The summed E-state index contributed by atoms with van der Waals surface area (Å²) < 4.78 is 7.03. The Morgan fingerprint density at radius 2 is 1.84 bits per heavy atom. The number of hydrogen-bond acceptors (Lipinski definition) is 3. The monoisotopic (exact) mass is 479 g/mol. The Morgan fingerprint density at radius 3 is 2.52 bits per heavy atom. The van der Waals surface area contributed by atoms with Gasteiger partial charge in [-0.3, -0.25) is 0 Å². The summed E-state index contributed by atoms with van der Waals surface area (Å²) in [6.07, 6.45) is 3.70. The van der Waals surface area contributed by atoms with Gasteiger partial charge in [0.2, 0.25) is 0 Å². The van der Waals surface area contributed by atoms with Crippen LogP contribution in [0.3, 0.4) is 0 Å². The van der Waals surface area contributed by atoms with E-state index in [0.717, 1.165) is 40.9 Å². The highest BCUT2D eigenvalue weighted by atomic mass is 79.9. The fraction of sp³-hybridized carbons (Fsp3) is 0.346. The molecule has 1 unspecified atom stereocenters. The second-order valence-electron chi connectivity index (χ2n) is 9.04. The van der Waals surface area contributed by atoms with Crippen LogP contribution in [0.5, 0.6) is 0 Å². The number of anilines is 1. The molecule has 1 saturated carbocycles. The Morgan fingerprint density at radius 1 is 1.06 bits per heavy atom. The first-order valence-corrected chi connectivity index (χ1v) is 11.6. The number of carboxylic acid groups (broad SMARTS) is 1. The third kappa shape index (κ3) is 3.39. The third-order valence-electron chi connectivity index (χ3n) is 7.36. The van der Waals surface area contributed by atoms with Crippen molar-refractivity contribution < 1.29 is 14.3 Å². The molecule has 31 heavy (non-hydrogen) atoms. The Labute approximate surface area is 190 Å². The van der Waals surface area contributed by atoms with Crippen molar-refractivity contribution in [3.63, 3.8) is 0 Å². The standard InChI is InChI=1S/C26H26BrNO3/c1-17-9-10-23(31-17)22-15-18-5-2-3-8-21(18)25(22)11-13-26(14-12-25,24(29)30)28-20-7-4-6-19(27)16-20/h2-10,16,22,28H,11-15H2,1H3,(H,29,30). The summed E-state index contributed by atoms with van der Waals surface area (Å²) in [6.45, 7) is 1.98. The number of nitrogens with one attached hydrogen (secondary N) is 1. The van der Waals surface area contributed by atoms with Gasteiger partial charge in [-0.2, -0.15) is 0 Å². The van der Waals surface area contributed by atoms with Gasteiger partial charge in [-0.15, -0.1) is 0 Å². The zero-order valence-electron chi connectivity index (χ0n) is 17.5. The molecule has 160 valence electrons. The lowest BCUT2D eigenvalue weighted by Crippen LogP contribution is -2.52. The van der Waals surface area contributed by atoms with Crippen molar-refractivity contribution in [2.75, 3.05) is 5.32 Å². The van der Waals surface area contributed by atoms with Crippen molar-refractivity contribution in [1.29, 1.82) is 0 Å². The minimum atomic E-state index is -0.965. The lowest BCUT2D eigenvalue weighted by atomic mass is 9.60. The number of aryl methyl sites for hydroxylation is 1. The summed E-state index contributed by atoms with van der Waals surface area (Å²) in [5, 5.41) is 13.6. The van der Waals surface area contributed by atoms with Gasteiger partial charge in [0, 0.05) is 21.5 Å². The first-order valence-electron chi connectivity index (χ1n) is 10.8. The highest BCUT2D eigenvalue weighted by Gasteiger charge is 2.55. The van der Waals surface area contributed by atoms with Gasteiger partial charge in [-0.05, 0) is 80.5 Å². The van der Waals surface area contributed by atoms with Gasteiger partial charge in [0.1, 0.15) is 17.1 Å². The maximum absolute atomic E-state index is 12.5. The molecule has 0 aliphatic heterocycles. The normalized spacial score (nSPS) is 27.2. The molecule has 1 spiro atoms. The minimum absolute atomic E-state index is 0.0845. The molecule has 1 fully saturated rings. The average Bonchev–Trinajstić information content (AvgIpc) is 3.32. The highest BCUT2D eigenvalue weighted by molar-refractivity contribution is 9.10. The zero-order valence-corrected chi connectivity index (χ0v) is 19.1. The summed E-state index contributed by atoms with van der Waals surface area (Å²) in [7, 11) is 0. The second kappa shape index (κ2) is 7.56.